The maximum absolute atomic E-state index is 13.5. The predicted octanol–water partition coefficient (Wildman–Crippen LogP) is 5.44. The summed E-state index contributed by atoms with van der Waals surface area (Å²) in [5.41, 5.74) is -0.0290. The van der Waals surface area contributed by atoms with Gasteiger partial charge in [0.05, 0.1) is 16.5 Å². The first kappa shape index (κ1) is 23.6. The van der Waals surface area contributed by atoms with Crippen LogP contribution >= 0.6 is 34.8 Å². The minimum absolute atomic E-state index is 0.0478. The highest BCUT2D eigenvalue weighted by Crippen LogP contribution is 2.65. The van der Waals surface area contributed by atoms with Gasteiger partial charge in [0.15, 0.2) is 11.6 Å². The second-order valence-electron chi connectivity index (χ2n) is 6.79. The largest absolute Gasteiger partial charge is 0.405 e. The van der Waals surface area contributed by atoms with E-state index in [9.17, 15) is 31.5 Å². The van der Waals surface area contributed by atoms with Crippen molar-refractivity contribution in [2.24, 2.45) is 5.92 Å². The summed E-state index contributed by atoms with van der Waals surface area (Å²) < 4.78 is 62.0. The number of carbonyl (C=O) groups excluding carboxylic acids is 2. The second-order valence-corrected chi connectivity index (χ2v) is 8.64. The molecule has 1 aliphatic carbocycles. The topological polar surface area (TPSA) is 58.2 Å². The fourth-order valence-corrected chi connectivity index (χ4v) is 4.08. The average Bonchev–Trinajstić information content (AvgIpc) is 3.25. The van der Waals surface area contributed by atoms with Gasteiger partial charge < -0.3 is 10.6 Å². The van der Waals surface area contributed by atoms with E-state index in [0.29, 0.717) is 0 Å². The lowest BCUT2D eigenvalue weighted by Gasteiger charge is -2.11. The molecule has 2 N–H and O–H groups in total. The van der Waals surface area contributed by atoms with Gasteiger partial charge in [-0.2, -0.15) is 13.2 Å². The highest BCUT2D eigenvalue weighted by molar-refractivity contribution is 6.53. The van der Waals surface area contributed by atoms with Gasteiger partial charge in [-0.05, 0) is 35.9 Å². The minimum atomic E-state index is -4.61. The molecule has 0 aromatic heterocycles. The molecule has 2 aromatic carbocycles. The van der Waals surface area contributed by atoms with Gasteiger partial charge in [0.25, 0.3) is 5.91 Å². The summed E-state index contributed by atoms with van der Waals surface area (Å²) in [6.07, 6.45) is -4.61. The summed E-state index contributed by atoms with van der Waals surface area (Å²) in [6, 6.07) is 6.64. The molecule has 4 nitrogen and oxygen atoms in total. The second kappa shape index (κ2) is 8.44. The Labute approximate surface area is 187 Å². The molecule has 12 heteroatoms. The maximum Gasteiger partial charge on any atom is 0.405 e. The summed E-state index contributed by atoms with van der Waals surface area (Å²) in [7, 11) is 0. The van der Waals surface area contributed by atoms with Gasteiger partial charge in [0, 0.05) is 11.6 Å². The van der Waals surface area contributed by atoms with E-state index < -0.39 is 52.3 Å². The molecule has 0 unspecified atom stereocenters. The SMILES string of the molecule is O=C(NCC(F)(F)F)c1cc(NC(=O)[C@@H]2[C@@H](c3ccc(F)c(F)c3)C2(Cl)Cl)ccc1Cl. The van der Waals surface area contributed by atoms with Crippen molar-refractivity contribution >= 4 is 52.3 Å². The van der Waals surface area contributed by atoms with Gasteiger partial charge in [-0.15, -0.1) is 23.2 Å². The quantitative estimate of drug-likeness (QED) is 0.424. The Morgan fingerprint density at radius 3 is 2.32 bits per heavy atom. The lowest BCUT2D eigenvalue weighted by atomic mass is 10.1. The monoisotopic (exact) mass is 500 g/mol. The number of hydrogen-bond donors (Lipinski definition) is 2. The Morgan fingerprint density at radius 1 is 1.03 bits per heavy atom. The van der Waals surface area contributed by atoms with Gasteiger partial charge in [0.2, 0.25) is 5.91 Å². The number of rotatable bonds is 5. The van der Waals surface area contributed by atoms with Crippen LogP contribution in [0.25, 0.3) is 0 Å². The van der Waals surface area contributed by atoms with E-state index in [1.807, 2.05) is 0 Å². The van der Waals surface area contributed by atoms with Crippen LogP contribution in [0, 0.1) is 17.6 Å². The number of alkyl halides is 5. The maximum atomic E-state index is 13.5. The summed E-state index contributed by atoms with van der Waals surface area (Å²) in [6.45, 7) is -1.56. The Kier molecular flexibility index (Phi) is 6.42. The van der Waals surface area contributed by atoms with Crippen molar-refractivity contribution in [2.45, 2.75) is 16.4 Å². The van der Waals surface area contributed by atoms with Gasteiger partial charge in [-0.25, -0.2) is 8.78 Å². The third-order valence-corrected chi connectivity index (χ3v) is 5.84. The Balaban J connectivity index is 1.74. The first-order valence-corrected chi connectivity index (χ1v) is 9.73. The lowest BCUT2D eigenvalue weighted by molar-refractivity contribution is -0.123. The molecule has 0 bridgehead atoms. The molecule has 1 aliphatic rings. The molecular formula is C19H12Cl3F5N2O2. The molecule has 0 heterocycles. The van der Waals surface area contributed by atoms with Gasteiger partial charge >= 0.3 is 6.18 Å². The van der Waals surface area contributed by atoms with Crippen molar-refractivity contribution in [3.8, 4) is 0 Å². The highest BCUT2D eigenvalue weighted by Gasteiger charge is 2.67. The molecule has 1 saturated carbocycles. The van der Waals surface area contributed by atoms with Gasteiger partial charge in [0.1, 0.15) is 10.9 Å². The molecule has 1 fully saturated rings. The van der Waals surface area contributed by atoms with Crippen molar-refractivity contribution in [2.75, 3.05) is 11.9 Å². The number of hydrogen-bond acceptors (Lipinski definition) is 2. The van der Waals surface area contributed by atoms with Gasteiger partial charge in [-0.3, -0.25) is 9.59 Å². The van der Waals surface area contributed by atoms with Crippen LogP contribution in [0.15, 0.2) is 36.4 Å². The Morgan fingerprint density at radius 2 is 1.71 bits per heavy atom. The van der Waals surface area contributed by atoms with E-state index in [2.05, 4.69) is 5.32 Å². The van der Waals surface area contributed by atoms with Crippen LogP contribution in [0.2, 0.25) is 5.02 Å². The molecule has 2 aromatic rings. The van der Waals surface area contributed by atoms with Crippen LogP contribution in [0.5, 0.6) is 0 Å². The minimum Gasteiger partial charge on any atom is -0.343 e. The van der Waals surface area contributed by atoms with E-state index in [1.165, 1.54) is 18.2 Å². The molecule has 0 spiro atoms. The third kappa shape index (κ3) is 5.22. The molecule has 166 valence electrons. The van der Waals surface area contributed by atoms with Crippen molar-refractivity contribution in [1.29, 1.82) is 0 Å². The van der Waals surface area contributed by atoms with E-state index in [-0.39, 0.29) is 21.8 Å². The number of halogens is 8. The third-order valence-electron chi connectivity index (χ3n) is 4.57. The fourth-order valence-electron chi connectivity index (χ4n) is 3.05. The van der Waals surface area contributed by atoms with E-state index in [4.69, 9.17) is 34.8 Å². The molecule has 2 amide bonds. The van der Waals surface area contributed by atoms with Crippen LogP contribution < -0.4 is 10.6 Å². The molecule has 2 atom stereocenters. The Bertz CT molecular complexity index is 1050. The lowest BCUT2D eigenvalue weighted by Crippen LogP contribution is -2.33. The van der Waals surface area contributed by atoms with Crippen LogP contribution in [0.4, 0.5) is 27.6 Å². The standard InChI is InChI=1S/C19H12Cl3F5N2O2/c20-11-3-2-9(6-10(11)16(30)28-7-18(25,26)27)29-17(31)15-14(19(15,21)22)8-1-4-12(23)13(24)5-8/h1-6,14-15H,7H2,(H,28,30)(H,29,31)/t14-,15+/m1/s1. The normalized spacial score (nSPS) is 19.6. The zero-order chi connectivity index (χ0) is 23.1. The van der Waals surface area contributed by atoms with Crippen LogP contribution in [0.1, 0.15) is 21.8 Å². The zero-order valence-electron chi connectivity index (χ0n) is 15.2. The highest BCUT2D eigenvalue weighted by atomic mass is 35.5. The summed E-state index contributed by atoms with van der Waals surface area (Å²) in [5.74, 6) is -5.83. The number of anilines is 1. The van der Waals surface area contributed by atoms with Crippen LogP contribution in [-0.2, 0) is 4.79 Å². The summed E-state index contributed by atoms with van der Waals surface area (Å²) >= 11 is 18.2. The molecule has 0 aliphatic heterocycles. The van der Waals surface area contributed by atoms with Crippen molar-refractivity contribution in [1.82, 2.24) is 5.32 Å². The first-order valence-electron chi connectivity index (χ1n) is 8.59. The van der Waals surface area contributed by atoms with Crippen molar-refractivity contribution < 1.29 is 31.5 Å². The van der Waals surface area contributed by atoms with E-state index in [0.717, 1.165) is 18.2 Å². The zero-order valence-corrected chi connectivity index (χ0v) is 17.4. The number of amides is 2. The summed E-state index contributed by atoms with van der Waals surface area (Å²) in [5, 5.41) is 3.99. The Hall–Kier alpha value is -2.10. The molecular weight excluding hydrogens is 490 g/mol. The van der Waals surface area contributed by atoms with Crippen molar-refractivity contribution in [3.05, 3.63) is 64.2 Å². The molecule has 0 saturated heterocycles. The number of nitrogens with one attached hydrogen (secondary N) is 2. The number of benzene rings is 2. The number of carbonyl (C=O) groups is 2. The van der Waals surface area contributed by atoms with Crippen molar-refractivity contribution in [3.63, 3.8) is 0 Å². The van der Waals surface area contributed by atoms with Crippen LogP contribution in [0.3, 0.4) is 0 Å². The molecule has 31 heavy (non-hydrogen) atoms. The predicted molar refractivity (Wildman–Crippen MR) is 105 cm³/mol. The fraction of sp³-hybridized carbons (Fsp3) is 0.263. The first-order chi connectivity index (χ1) is 14.3. The van der Waals surface area contributed by atoms with E-state index in [1.54, 1.807) is 5.32 Å². The van der Waals surface area contributed by atoms with E-state index >= 15 is 0 Å². The molecule has 3 rings (SSSR count). The average molecular weight is 502 g/mol. The summed E-state index contributed by atoms with van der Waals surface area (Å²) in [4.78, 5) is 24.6. The molecule has 0 radical (unpaired) electrons. The van der Waals surface area contributed by atoms with Crippen LogP contribution in [-0.4, -0.2) is 28.9 Å². The smallest absolute Gasteiger partial charge is 0.343 e. The van der Waals surface area contributed by atoms with Gasteiger partial charge in [-0.1, -0.05) is 17.7 Å².